The van der Waals surface area contributed by atoms with Gasteiger partial charge in [0.15, 0.2) is 0 Å². The Bertz CT molecular complexity index is 821. The molecule has 0 aromatic rings. The van der Waals surface area contributed by atoms with E-state index in [9.17, 15) is 9.90 Å². The number of allylic oxidation sites excluding steroid dienone is 5. The van der Waals surface area contributed by atoms with Crippen molar-refractivity contribution in [3.8, 4) is 0 Å². The first-order chi connectivity index (χ1) is 14.2. The SMILES string of the molecule is O=C(O)C12CCCCC1=C1C=CC3=C4CC5CCCNC5CC4CCC3C1CC2. The van der Waals surface area contributed by atoms with Crippen LogP contribution in [0.3, 0.4) is 0 Å². The summed E-state index contributed by atoms with van der Waals surface area (Å²) in [6.07, 6.45) is 19.0. The maximum Gasteiger partial charge on any atom is 0.313 e. The Kier molecular flexibility index (Phi) is 4.34. The van der Waals surface area contributed by atoms with Crippen molar-refractivity contribution in [3.63, 3.8) is 0 Å². The third-order valence-electron chi connectivity index (χ3n) is 9.66. The van der Waals surface area contributed by atoms with Crippen LogP contribution >= 0.6 is 0 Å². The second-order valence-electron chi connectivity index (χ2n) is 10.8. The van der Waals surface area contributed by atoms with E-state index in [2.05, 4.69) is 17.5 Å². The van der Waals surface area contributed by atoms with Crippen LogP contribution < -0.4 is 5.32 Å². The van der Waals surface area contributed by atoms with Gasteiger partial charge in [-0.25, -0.2) is 0 Å². The summed E-state index contributed by atoms with van der Waals surface area (Å²) in [6.45, 7) is 1.21. The lowest BCUT2D eigenvalue weighted by Crippen LogP contribution is -2.47. The third-order valence-corrected chi connectivity index (χ3v) is 9.66. The van der Waals surface area contributed by atoms with Crippen LogP contribution in [-0.2, 0) is 4.79 Å². The van der Waals surface area contributed by atoms with E-state index in [-0.39, 0.29) is 0 Å². The van der Waals surface area contributed by atoms with Crippen LogP contribution in [0.1, 0.15) is 77.0 Å². The van der Waals surface area contributed by atoms with Crippen molar-refractivity contribution in [3.05, 3.63) is 34.4 Å². The number of nitrogens with one attached hydrogen (secondary N) is 1. The van der Waals surface area contributed by atoms with Crippen LogP contribution in [0.2, 0.25) is 0 Å². The van der Waals surface area contributed by atoms with Gasteiger partial charge in [-0.2, -0.15) is 0 Å². The monoisotopic (exact) mass is 393 g/mol. The standard InChI is InChI=1S/C26H35NO2/c28-25(29)26-11-2-1-5-23(26)21-9-8-19-18(20(21)10-12-26)7-6-16-15-24-17(14-22(16)19)4-3-13-27-24/h8-9,16-18,20,24,27H,1-7,10-15H2,(H,28,29). The fraction of sp³-hybridized carbons (Fsp3) is 0.731. The van der Waals surface area contributed by atoms with E-state index in [0.29, 0.717) is 11.8 Å². The molecule has 0 aromatic heterocycles. The van der Waals surface area contributed by atoms with Gasteiger partial charge >= 0.3 is 5.97 Å². The molecule has 5 aliphatic carbocycles. The van der Waals surface area contributed by atoms with Gasteiger partial charge in [0.05, 0.1) is 5.41 Å². The van der Waals surface area contributed by atoms with Gasteiger partial charge in [-0.05, 0) is 118 Å². The highest BCUT2D eigenvalue weighted by Crippen LogP contribution is 2.58. The summed E-state index contributed by atoms with van der Waals surface area (Å²) in [6, 6.07) is 0.757. The Labute approximate surface area is 174 Å². The molecule has 6 unspecified atom stereocenters. The molecule has 6 atom stereocenters. The fourth-order valence-electron chi connectivity index (χ4n) is 8.27. The lowest BCUT2D eigenvalue weighted by Gasteiger charge is -2.50. The molecule has 0 aromatic carbocycles. The van der Waals surface area contributed by atoms with Gasteiger partial charge in [0.25, 0.3) is 0 Å². The molecular weight excluding hydrogens is 358 g/mol. The van der Waals surface area contributed by atoms with E-state index < -0.39 is 11.4 Å². The van der Waals surface area contributed by atoms with Crippen molar-refractivity contribution in [2.45, 2.75) is 83.1 Å². The lowest BCUT2D eigenvalue weighted by atomic mass is 9.54. The molecule has 6 rings (SSSR count). The molecule has 1 saturated heterocycles. The third kappa shape index (κ3) is 2.69. The van der Waals surface area contributed by atoms with Gasteiger partial charge in [-0.3, -0.25) is 4.79 Å². The molecular formula is C26H35NO2. The van der Waals surface area contributed by atoms with Gasteiger partial charge < -0.3 is 10.4 Å². The summed E-state index contributed by atoms with van der Waals surface area (Å²) in [5.41, 5.74) is 5.69. The van der Waals surface area contributed by atoms with E-state index in [0.717, 1.165) is 50.0 Å². The van der Waals surface area contributed by atoms with Crippen molar-refractivity contribution >= 4 is 5.97 Å². The van der Waals surface area contributed by atoms with E-state index in [1.807, 2.05) is 0 Å². The van der Waals surface area contributed by atoms with Crippen molar-refractivity contribution in [2.24, 2.45) is 29.1 Å². The molecule has 0 spiro atoms. The molecule has 29 heavy (non-hydrogen) atoms. The maximum atomic E-state index is 12.3. The zero-order valence-corrected chi connectivity index (χ0v) is 17.6. The quantitative estimate of drug-likeness (QED) is 0.628. The van der Waals surface area contributed by atoms with Crippen LogP contribution in [0, 0.1) is 29.1 Å². The minimum absolute atomic E-state index is 0.540. The summed E-state index contributed by atoms with van der Waals surface area (Å²) < 4.78 is 0. The zero-order valence-electron chi connectivity index (χ0n) is 17.6. The van der Waals surface area contributed by atoms with Crippen molar-refractivity contribution < 1.29 is 9.90 Å². The topological polar surface area (TPSA) is 49.3 Å². The summed E-state index contributed by atoms with van der Waals surface area (Å²) in [5, 5.41) is 14.0. The Morgan fingerprint density at radius 1 is 1.00 bits per heavy atom. The van der Waals surface area contributed by atoms with Crippen LogP contribution in [0.4, 0.5) is 0 Å². The number of fused-ring (bicyclic) bond motifs is 6. The summed E-state index contributed by atoms with van der Waals surface area (Å²) in [7, 11) is 0. The highest BCUT2D eigenvalue weighted by atomic mass is 16.4. The van der Waals surface area contributed by atoms with Crippen LogP contribution in [0.15, 0.2) is 34.4 Å². The second kappa shape index (κ2) is 6.83. The van der Waals surface area contributed by atoms with Gasteiger partial charge in [-0.1, -0.05) is 24.1 Å². The molecule has 0 radical (unpaired) electrons. The first-order valence-corrected chi connectivity index (χ1v) is 12.3. The number of rotatable bonds is 1. The first-order valence-electron chi connectivity index (χ1n) is 12.3. The van der Waals surface area contributed by atoms with Crippen LogP contribution in [-0.4, -0.2) is 23.7 Å². The number of carboxylic acid groups (broad SMARTS) is 1. The molecule has 1 aliphatic heterocycles. The molecule has 1 heterocycles. The van der Waals surface area contributed by atoms with Crippen molar-refractivity contribution in [2.75, 3.05) is 6.54 Å². The predicted molar refractivity (Wildman–Crippen MR) is 114 cm³/mol. The Morgan fingerprint density at radius 2 is 1.86 bits per heavy atom. The number of piperidine rings is 1. The van der Waals surface area contributed by atoms with E-state index >= 15 is 0 Å². The van der Waals surface area contributed by atoms with Gasteiger partial charge in [0, 0.05) is 6.04 Å². The second-order valence-corrected chi connectivity index (χ2v) is 10.8. The van der Waals surface area contributed by atoms with Crippen molar-refractivity contribution in [1.29, 1.82) is 0 Å². The molecule has 2 N–H and O–H groups in total. The number of carbonyl (C=O) groups is 1. The molecule has 0 bridgehead atoms. The Hall–Kier alpha value is -1.35. The molecule has 0 amide bonds. The lowest BCUT2D eigenvalue weighted by molar-refractivity contribution is -0.148. The molecule has 6 aliphatic rings. The highest BCUT2D eigenvalue weighted by molar-refractivity contribution is 5.80. The minimum atomic E-state index is -0.553. The predicted octanol–water partition coefficient (Wildman–Crippen LogP) is 5.39. The number of carboxylic acids is 1. The maximum absolute atomic E-state index is 12.3. The van der Waals surface area contributed by atoms with Crippen LogP contribution in [0.25, 0.3) is 0 Å². The van der Waals surface area contributed by atoms with Gasteiger partial charge in [-0.15, -0.1) is 0 Å². The minimum Gasteiger partial charge on any atom is -0.481 e. The highest BCUT2D eigenvalue weighted by Gasteiger charge is 2.51. The van der Waals surface area contributed by atoms with E-state index in [1.165, 1.54) is 62.6 Å². The first kappa shape index (κ1) is 18.4. The number of hydrogen-bond donors (Lipinski definition) is 2. The molecule has 2 saturated carbocycles. The summed E-state index contributed by atoms with van der Waals surface area (Å²) >= 11 is 0. The Balaban J connectivity index is 1.40. The molecule has 156 valence electrons. The van der Waals surface area contributed by atoms with E-state index in [1.54, 1.807) is 11.1 Å². The largest absolute Gasteiger partial charge is 0.481 e. The van der Waals surface area contributed by atoms with Crippen LogP contribution in [0.5, 0.6) is 0 Å². The smallest absolute Gasteiger partial charge is 0.313 e. The fourth-order valence-corrected chi connectivity index (χ4v) is 8.27. The summed E-state index contributed by atoms with van der Waals surface area (Å²) in [4.78, 5) is 12.3. The number of aliphatic carboxylic acids is 1. The van der Waals surface area contributed by atoms with Gasteiger partial charge in [0.2, 0.25) is 0 Å². The molecule has 3 fully saturated rings. The van der Waals surface area contributed by atoms with Gasteiger partial charge in [0.1, 0.15) is 0 Å². The Morgan fingerprint density at radius 3 is 2.76 bits per heavy atom. The van der Waals surface area contributed by atoms with Crippen molar-refractivity contribution in [1.82, 2.24) is 5.32 Å². The number of hydrogen-bond acceptors (Lipinski definition) is 2. The summed E-state index contributed by atoms with van der Waals surface area (Å²) in [5.74, 6) is 2.34. The van der Waals surface area contributed by atoms with E-state index in [4.69, 9.17) is 0 Å². The average Bonchev–Trinajstić information content (AvgIpc) is 2.76. The zero-order chi connectivity index (χ0) is 19.6. The molecule has 3 nitrogen and oxygen atoms in total. The normalized spacial score (nSPS) is 43.7. The molecule has 3 heteroatoms. The average molecular weight is 394 g/mol.